The molecule has 3 nitrogen and oxygen atoms in total. The molecule has 0 saturated carbocycles. The smallest absolute Gasteiger partial charge is 0.186 e. The van der Waals surface area contributed by atoms with Crippen molar-refractivity contribution in [1.82, 2.24) is 9.78 Å². The van der Waals surface area contributed by atoms with Crippen LogP contribution in [0.4, 0.5) is 4.39 Å². The summed E-state index contributed by atoms with van der Waals surface area (Å²) in [5.41, 5.74) is 1.06. The van der Waals surface area contributed by atoms with E-state index < -0.39 is 5.82 Å². The molecule has 0 amide bonds. The molecule has 0 unspecified atom stereocenters. The third kappa shape index (κ3) is 2.62. The lowest BCUT2D eigenvalue weighted by Gasteiger charge is -2.05. The minimum absolute atomic E-state index is 0.108. The van der Waals surface area contributed by atoms with Crippen LogP contribution in [0.5, 0.6) is 0 Å². The van der Waals surface area contributed by atoms with Crippen LogP contribution in [0.15, 0.2) is 28.9 Å². The molecule has 18 heavy (non-hydrogen) atoms. The molecule has 0 atom stereocenters. The molecule has 0 bridgehead atoms. The second-order valence-corrected chi connectivity index (χ2v) is 5.06. The molecule has 1 aromatic heterocycles. The zero-order chi connectivity index (χ0) is 13.3. The van der Waals surface area contributed by atoms with Gasteiger partial charge in [-0.2, -0.15) is 5.10 Å². The van der Waals surface area contributed by atoms with Gasteiger partial charge in [0.1, 0.15) is 11.5 Å². The molecule has 94 valence electrons. The quantitative estimate of drug-likeness (QED) is 0.808. The highest BCUT2D eigenvalue weighted by Gasteiger charge is 2.17. The number of benzene rings is 1. The molecule has 0 fully saturated rings. The Morgan fingerprint density at radius 2 is 2.28 bits per heavy atom. The summed E-state index contributed by atoms with van der Waals surface area (Å²) in [4.78, 5) is 12.1. The van der Waals surface area contributed by atoms with Gasteiger partial charge in [0.25, 0.3) is 0 Å². The van der Waals surface area contributed by atoms with Gasteiger partial charge in [0, 0.05) is 18.5 Å². The fraction of sp³-hybridized carbons (Fsp3) is 0.167. The Hall–Kier alpha value is -1.20. The fourth-order valence-electron chi connectivity index (χ4n) is 1.65. The van der Waals surface area contributed by atoms with Crippen LogP contribution in [-0.2, 0) is 13.5 Å². The van der Waals surface area contributed by atoms with Gasteiger partial charge >= 0.3 is 0 Å². The van der Waals surface area contributed by atoms with Gasteiger partial charge < -0.3 is 0 Å². The lowest BCUT2D eigenvalue weighted by atomic mass is 10.1. The standard InChI is InChI=1S/C12H9BrClFN2O/c1-17-12(9(13)6-16-17)11(18)4-7-2-3-8(15)5-10(7)14/h2-3,5-6H,4H2,1H3. The highest BCUT2D eigenvalue weighted by Crippen LogP contribution is 2.22. The van der Waals surface area contributed by atoms with Crippen molar-refractivity contribution >= 4 is 33.3 Å². The fourth-order valence-corrected chi connectivity index (χ4v) is 2.45. The minimum atomic E-state index is -0.419. The van der Waals surface area contributed by atoms with Gasteiger partial charge in [-0.15, -0.1) is 0 Å². The zero-order valence-electron chi connectivity index (χ0n) is 9.45. The first-order chi connectivity index (χ1) is 8.49. The minimum Gasteiger partial charge on any atom is -0.292 e. The van der Waals surface area contributed by atoms with E-state index in [0.29, 0.717) is 15.7 Å². The average Bonchev–Trinajstić information content (AvgIpc) is 2.62. The van der Waals surface area contributed by atoms with Crippen LogP contribution in [0.2, 0.25) is 5.02 Å². The normalized spacial score (nSPS) is 10.7. The van der Waals surface area contributed by atoms with Crippen LogP contribution in [-0.4, -0.2) is 15.6 Å². The number of ketones is 1. The maximum atomic E-state index is 12.9. The van der Waals surface area contributed by atoms with Gasteiger partial charge in [0.2, 0.25) is 0 Å². The number of nitrogens with zero attached hydrogens (tertiary/aromatic N) is 2. The number of aromatic nitrogens is 2. The Morgan fingerprint density at radius 1 is 1.56 bits per heavy atom. The van der Waals surface area contributed by atoms with Crippen molar-refractivity contribution in [2.24, 2.45) is 7.05 Å². The summed E-state index contributed by atoms with van der Waals surface area (Å²) in [6, 6.07) is 4.00. The van der Waals surface area contributed by atoms with E-state index in [1.807, 2.05) is 0 Å². The van der Waals surface area contributed by atoms with Crippen LogP contribution in [0.3, 0.4) is 0 Å². The van der Waals surface area contributed by atoms with Gasteiger partial charge in [0.05, 0.1) is 10.7 Å². The maximum Gasteiger partial charge on any atom is 0.186 e. The Labute approximate surface area is 117 Å². The molecule has 2 aromatic rings. The Bertz CT molecular complexity index is 593. The van der Waals surface area contributed by atoms with E-state index in [1.165, 1.54) is 22.9 Å². The maximum absolute atomic E-state index is 12.9. The van der Waals surface area contributed by atoms with E-state index in [1.54, 1.807) is 13.2 Å². The number of hydrogen-bond donors (Lipinski definition) is 0. The first kappa shape index (κ1) is 13.2. The van der Waals surface area contributed by atoms with Crippen molar-refractivity contribution in [3.8, 4) is 0 Å². The molecular formula is C12H9BrClFN2O. The summed E-state index contributed by atoms with van der Waals surface area (Å²) in [6.07, 6.45) is 1.66. The number of aryl methyl sites for hydroxylation is 1. The topological polar surface area (TPSA) is 34.9 Å². The van der Waals surface area contributed by atoms with E-state index in [0.717, 1.165) is 0 Å². The Balaban J connectivity index is 2.27. The van der Waals surface area contributed by atoms with Crippen molar-refractivity contribution in [2.75, 3.05) is 0 Å². The van der Waals surface area contributed by atoms with Crippen molar-refractivity contribution in [3.63, 3.8) is 0 Å². The van der Waals surface area contributed by atoms with E-state index in [-0.39, 0.29) is 17.2 Å². The van der Waals surface area contributed by atoms with E-state index >= 15 is 0 Å². The molecule has 0 radical (unpaired) electrons. The molecule has 0 aliphatic rings. The Kier molecular flexibility index (Phi) is 3.82. The molecule has 0 aliphatic heterocycles. The number of rotatable bonds is 3. The third-order valence-corrected chi connectivity index (χ3v) is 3.46. The average molecular weight is 332 g/mol. The predicted octanol–water partition coefficient (Wildman–Crippen LogP) is 3.40. The molecule has 6 heteroatoms. The number of Topliss-reactive ketones (excluding diaryl/α,β-unsaturated/α-hetero) is 1. The summed E-state index contributed by atoms with van der Waals surface area (Å²) in [5.74, 6) is -0.548. The summed E-state index contributed by atoms with van der Waals surface area (Å²) in [7, 11) is 1.68. The van der Waals surface area contributed by atoms with Gasteiger partial charge in [0.15, 0.2) is 5.78 Å². The third-order valence-electron chi connectivity index (χ3n) is 2.52. The van der Waals surface area contributed by atoms with E-state index in [2.05, 4.69) is 21.0 Å². The first-order valence-corrected chi connectivity index (χ1v) is 6.30. The van der Waals surface area contributed by atoms with Gasteiger partial charge in [-0.05, 0) is 33.6 Å². The zero-order valence-corrected chi connectivity index (χ0v) is 11.8. The first-order valence-electron chi connectivity index (χ1n) is 5.13. The summed E-state index contributed by atoms with van der Waals surface area (Å²) in [6.45, 7) is 0. The highest BCUT2D eigenvalue weighted by molar-refractivity contribution is 9.10. The summed E-state index contributed by atoms with van der Waals surface area (Å²) >= 11 is 9.15. The molecule has 2 rings (SSSR count). The molecule has 0 spiro atoms. The van der Waals surface area contributed by atoms with Crippen LogP contribution in [0.25, 0.3) is 0 Å². The van der Waals surface area contributed by atoms with Crippen molar-refractivity contribution < 1.29 is 9.18 Å². The van der Waals surface area contributed by atoms with Crippen molar-refractivity contribution in [2.45, 2.75) is 6.42 Å². The molecule has 0 N–H and O–H groups in total. The lowest BCUT2D eigenvalue weighted by molar-refractivity contribution is 0.0983. The molecule has 0 saturated heterocycles. The SMILES string of the molecule is Cn1ncc(Br)c1C(=O)Cc1ccc(F)cc1Cl. The van der Waals surface area contributed by atoms with Crippen molar-refractivity contribution in [1.29, 1.82) is 0 Å². The summed E-state index contributed by atoms with van der Waals surface area (Å²) < 4.78 is 15.0. The van der Waals surface area contributed by atoms with Crippen LogP contribution >= 0.6 is 27.5 Å². The Morgan fingerprint density at radius 3 is 2.83 bits per heavy atom. The van der Waals surface area contributed by atoms with Crippen LogP contribution in [0.1, 0.15) is 16.1 Å². The van der Waals surface area contributed by atoms with Crippen LogP contribution < -0.4 is 0 Å². The van der Waals surface area contributed by atoms with E-state index in [9.17, 15) is 9.18 Å². The number of hydrogen-bond acceptors (Lipinski definition) is 2. The largest absolute Gasteiger partial charge is 0.292 e. The van der Waals surface area contributed by atoms with Gasteiger partial charge in [-0.3, -0.25) is 9.48 Å². The molecule has 1 heterocycles. The predicted molar refractivity (Wildman–Crippen MR) is 70.4 cm³/mol. The van der Waals surface area contributed by atoms with Gasteiger partial charge in [-0.1, -0.05) is 17.7 Å². The summed E-state index contributed by atoms with van der Waals surface area (Å²) in [5, 5.41) is 4.22. The van der Waals surface area contributed by atoms with Crippen LogP contribution in [0, 0.1) is 5.82 Å². The monoisotopic (exact) mass is 330 g/mol. The number of carbonyl (C=O) groups excluding carboxylic acids is 1. The highest BCUT2D eigenvalue weighted by atomic mass is 79.9. The van der Waals surface area contributed by atoms with E-state index in [4.69, 9.17) is 11.6 Å². The number of halogens is 3. The molecular weight excluding hydrogens is 322 g/mol. The van der Waals surface area contributed by atoms with Crippen molar-refractivity contribution in [3.05, 3.63) is 51.0 Å². The number of carbonyl (C=O) groups is 1. The second kappa shape index (κ2) is 5.20. The molecule has 1 aromatic carbocycles. The lowest BCUT2D eigenvalue weighted by Crippen LogP contribution is -2.10. The molecule has 0 aliphatic carbocycles. The second-order valence-electron chi connectivity index (χ2n) is 3.80. The van der Waals surface area contributed by atoms with Gasteiger partial charge in [-0.25, -0.2) is 4.39 Å².